The minimum absolute atomic E-state index is 0.0246. The molecule has 5 nitrogen and oxygen atoms in total. The molecule has 1 saturated carbocycles. The van der Waals surface area contributed by atoms with Gasteiger partial charge in [-0.3, -0.25) is 4.79 Å². The van der Waals surface area contributed by atoms with Crippen LogP contribution in [0.25, 0.3) is 0 Å². The molecular weight excluding hydrogens is 320 g/mol. The van der Waals surface area contributed by atoms with Gasteiger partial charge in [-0.2, -0.15) is 5.10 Å². The van der Waals surface area contributed by atoms with Crippen molar-refractivity contribution < 1.29 is 0 Å². The Labute approximate surface area is 127 Å². The molecule has 2 N–H and O–H groups in total. The number of anilines is 1. The fraction of sp³-hybridized carbons (Fsp3) is 0.714. The maximum absolute atomic E-state index is 12.3. The summed E-state index contributed by atoms with van der Waals surface area (Å²) in [6.07, 6.45) is 7.79. The third-order valence-corrected chi connectivity index (χ3v) is 4.79. The van der Waals surface area contributed by atoms with Crippen molar-refractivity contribution in [2.24, 2.45) is 5.92 Å². The number of hydrogen-bond donors (Lipinski definition) is 2. The molecule has 3 rings (SSSR count). The standard InChI is InChI=1S/C14H21BrN4O/c15-13-12(18-11-3-1-2-6-16-7-11)8-17-19(14(13)20)9-10-4-5-10/h8,10-11,16,18H,1-7,9H2. The first-order chi connectivity index (χ1) is 9.74. The monoisotopic (exact) mass is 340 g/mol. The van der Waals surface area contributed by atoms with Crippen LogP contribution in [0.2, 0.25) is 0 Å². The molecule has 1 aromatic heterocycles. The van der Waals surface area contributed by atoms with Crippen LogP contribution in [-0.4, -0.2) is 28.9 Å². The van der Waals surface area contributed by atoms with Gasteiger partial charge in [0.2, 0.25) is 0 Å². The summed E-state index contributed by atoms with van der Waals surface area (Å²) in [6.45, 7) is 2.78. The van der Waals surface area contributed by atoms with Crippen LogP contribution in [0.15, 0.2) is 15.5 Å². The van der Waals surface area contributed by atoms with E-state index in [2.05, 4.69) is 31.7 Å². The predicted molar refractivity (Wildman–Crippen MR) is 83.1 cm³/mol. The smallest absolute Gasteiger partial charge is 0.283 e. The molecular formula is C14H21BrN4O. The van der Waals surface area contributed by atoms with Crippen molar-refractivity contribution in [2.75, 3.05) is 18.4 Å². The first-order valence-corrected chi connectivity index (χ1v) is 8.26. The Kier molecular flexibility index (Phi) is 4.41. The largest absolute Gasteiger partial charge is 0.379 e. The van der Waals surface area contributed by atoms with E-state index < -0.39 is 0 Å². The second-order valence-electron chi connectivity index (χ2n) is 5.84. The quantitative estimate of drug-likeness (QED) is 0.879. The average Bonchev–Trinajstić information content (AvgIpc) is 3.26. The molecule has 1 atom stereocenters. The van der Waals surface area contributed by atoms with Gasteiger partial charge in [0.05, 0.1) is 11.9 Å². The van der Waals surface area contributed by atoms with E-state index in [1.165, 1.54) is 25.7 Å². The lowest BCUT2D eigenvalue weighted by Crippen LogP contribution is -2.32. The third kappa shape index (κ3) is 3.41. The minimum atomic E-state index is -0.0246. The summed E-state index contributed by atoms with van der Waals surface area (Å²) in [7, 11) is 0. The lowest BCUT2D eigenvalue weighted by Gasteiger charge is -2.18. The Morgan fingerprint density at radius 2 is 2.25 bits per heavy atom. The Bertz CT molecular complexity index is 518. The lowest BCUT2D eigenvalue weighted by molar-refractivity contribution is 0.531. The van der Waals surface area contributed by atoms with Crippen LogP contribution in [0.1, 0.15) is 32.1 Å². The summed E-state index contributed by atoms with van der Waals surface area (Å²) in [5.74, 6) is 0.650. The van der Waals surface area contributed by atoms with E-state index in [1.807, 2.05) is 0 Å². The van der Waals surface area contributed by atoms with Gasteiger partial charge in [-0.15, -0.1) is 0 Å². The molecule has 0 spiro atoms. The zero-order valence-electron chi connectivity index (χ0n) is 11.6. The zero-order chi connectivity index (χ0) is 13.9. The van der Waals surface area contributed by atoms with Crippen LogP contribution in [-0.2, 0) is 6.54 Å². The highest BCUT2D eigenvalue weighted by molar-refractivity contribution is 9.10. The third-order valence-electron chi connectivity index (χ3n) is 4.02. The Morgan fingerprint density at radius 1 is 1.40 bits per heavy atom. The molecule has 0 bridgehead atoms. The van der Waals surface area contributed by atoms with Gasteiger partial charge < -0.3 is 10.6 Å². The number of nitrogens with one attached hydrogen (secondary N) is 2. The van der Waals surface area contributed by atoms with Crippen molar-refractivity contribution in [1.82, 2.24) is 15.1 Å². The SMILES string of the molecule is O=c1c(Br)c(NC2CCCCNC2)cnn1CC1CC1. The number of nitrogens with zero attached hydrogens (tertiary/aromatic N) is 2. The lowest BCUT2D eigenvalue weighted by atomic mass is 10.1. The fourth-order valence-electron chi connectivity index (χ4n) is 2.60. The zero-order valence-corrected chi connectivity index (χ0v) is 13.2. The summed E-state index contributed by atoms with van der Waals surface area (Å²) in [6, 6.07) is 0.370. The van der Waals surface area contributed by atoms with E-state index >= 15 is 0 Å². The summed E-state index contributed by atoms with van der Waals surface area (Å²) < 4.78 is 2.19. The molecule has 2 aliphatic rings. The molecule has 2 fully saturated rings. The Hall–Kier alpha value is -0.880. The van der Waals surface area contributed by atoms with E-state index in [0.29, 0.717) is 16.4 Å². The van der Waals surface area contributed by atoms with Crippen molar-refractivity contribution in [1.29, 1.82) is 0 Å². The van der Waals surface area contributed by atoms with Gasteiger partial charge in [0, 0.05) is 19.1 Å². The molecule has 0 aromatic carbocycles. The molecule has 0 radical (unpaired) electrons. The molecule has 110 valence electrons. The van der Waals surface area contributed by atoms with Gasteiger partial charge in [0.25, 0.3) is 5.56 Å². The van der Waals surface area contributed by atoms with Crippen molar-refractivity contribution >= 4 is 21.6 Å². The highest BCUT2D eigenvalue weighted by Crippen LogP contribution is 2.30. The minimum Gasteiger partial charge on any atom is -0.379 e. The molecule has 1 aliphatic carbocycles. The van der Waals surface area contributed by atoms with Crippen LogP contribution < -0.4 is 16.2 Å². The molecule has 1 aromatic rings. The molecule has 6 heteroatoms. The normalized spacial score (nSPS) is 23.4. The van der Waals surface area contributed by atoms with E-state index in [1.54, 1.807) is 10.9 Å². The molecule has 1 unspecified atom stereocenters. The summed E-state index contributed by atoms with van der Waals surface area (Å²) >= 11 is 3.43. The van der Waals surface area contributed by atoms with E-state index in [9.17, 15) is 4.79 Å². The molecule has 1 aliphatic heterocycles. The topological polar surface area (TPSA) is 59.0 Å². The highest BCUT2D eigenvalue weighted by Gasteiger charge is 2.23. The van der Waals surface area contributed by atoms with Crippen molar-refractivity contribution in [3.8, 4) is 0 Å². The fourth-order valence-corrected chi connectivity index (χ4v) is 3.02. The molecule has 1 saturated heterocycles. The van der Waals surface area contributed by atoms with Gasteiger partial charge in [0.1, 0.15) is 4.47 Å². The Morgan fingerprint density at radius 3 is 3.05 bits per heavy atom. The van der Waals surface area contributed by atoms with Crippen molar-refractivity contribution in [2.45, 2.75) is 44.7 Å². The molecule has 20 heavy (non-hydrogen) atoms. The predicted octanol–water partition coefficient (Wildman–Crippen LogP) is 1.97. The summed E-state index contributed by atoms with van der Waals surface area (Å²) in [5.41, 5.74) is 0.791. The van der Waals surface area contributed by atoms with Gasteiger partial charge in [0.15, 0.2) is 0 Å². The number of halogens is 1. The summed E-state index contributed by atoms with van der Waals surface area (Å²) in [4.78, 5) is 12.3. The summed E-state index contributed by atoms with van der Waals surface area (Å²) in [5, 5.41) is 11.2. The number of aromatic nitrogens is 2. The molecule has 0 amide bonds. The van der Waals surface area contributed by atoms with Crippen LogP contribution >= 0.6 is 15.9 Å². The van der Waals surface area contributed by atoms with Crippen LogP contribution in [0.5, 0.6) is 0 Å². The Balaban J connectivity index is 1.72. The van der Waals surface area contributed by atoms with E-state index in [4.69, 9.17) is 0 Å². The van der Waals surface area contributed by atoms with Gasteiger partial charge in [-0.1, -0.05) is 6.42 Å². The maximum atomic E-state index is 12.3. The van der Waals surface area contributed by atoms with Crippen LogP contribution in [0, 0.1) is 5.92 Å². The highest BCUT2D eigenvalue weighted by atomic mass is 79.9. The number of hydrogen-bond acceptors (Lipinski definition) is 4. The maximum Gasteiger partial charge on any atom is 0.283 e. The molecule has 2 heterocycles. The number of rotatable bonds is 4. The first kappa shape index (κ1) is 14.1. The van der Waals surface area contributed by atoms with Crippen molar-refractivity contribution in [3.63, 3.8) is 0 Å². The van der Waals surface area contributed by atoms with E-state index in [-0.39, 0.29) is 5.56 Å². The van der Waals surface area contributed by atoms with Crippen molar-refractivity contribution in [3.05, 3.63) is 21.0 Å². The van der Waals surface area contributed by atoms with Crippen LogP contribution in [0.3, 0.4) is 0 Å². The van der Waals surface area contributed by atoms with Crippen LogP contribution in [0.4, 0.5) is 5.69 Å². The second kappa shape index (κ2) is 6.26. The van der Waals surface area contributed by atoms with Gasteiger partial charge >= 0.3 is 0 Å². The average molecular weight is 341 g/mol. The van der Waals surface area contributed by atoms with Gasteiger partial charge in [-0.05, 0) is 54.1 Å². The second-order valence-corrected chi connectivity index (χ2v) is 6.64. The van der Waals surface area contributed by atoms with E-state index in [0.717, 1.165) is 31.7 Å². The van der Waals surface area contributed by atoms with Gasteiger partial charge in [-0.25, -0.2) is 4.68 Å². The first-order valence-electron chi connectivity index (χ1n) is 7.47.